The van der Waals surface area contributed by atoms with Gasteiger partial charge in [0.1, 0.15) is 16.9 Å². The van der Waals surface area contributed by atoms with Crippen LogP contribution in [0.2, 0.25) is 0 Å². The first-order valence-electron chi connectivity index (χ1n) is 13.5. The average Bonchev–Trinajstić information content (AvgIpc) is 3.26. The fourth-order valence-corrected chi connectivity index (χ4v) is 4.59. The van der Waals surface area contributed by atoms with Crippen LogP contribution in [0.25, 0.3) is 22.2 Å². The zero-order valence-corrected chi connectivity index (χ0v) is 24.1. The molecule has 1 amide bonds. The Labute approximate surface area is 234 Å². The smallest absolute Gasteiger partial charge is 0.435 e. The summed E-state index contributed by atoms with van der Waals surface area (Å²) in [4.78, 5) is 31.3. The Kier molecular flexibility index (Phi) is 8.27. The summed E-state index contributed by atoms with van der Waals surface area (Å²) in [6.07, 6.45) is 4.01. The maximum Gasteiger partial charge on any atom is 0.435 e. The Morgan fingerprint density at radius 3 is 2.35 bits per heavy atom. The van der Waals surface area contributed by atoms with Crippen molar-refractivity contribution in [2.45, 2.75) is 71.6 Å². The van der Waals surface area contributed by atoms with E-state index in [0.29, 0.717) is 41.0 Å². The number of rotatable bonds is 5. The number of nitrogens with one attached hydrogen (secondary N) is 1. The third-order valence-electron chi connectivity index (χ3n) is 6.41. The maximum atomic E-state index is 13.0. The fraction of sp³-hybridized carbons (Fsp3) is 0.483. The van der Waals surface area contributed by atoms with Crippen LogP contribution in [0.5, 0.6) is 0 Å². The van der Waals surface area contributed by atoms with Gasteiger partial charge in [0.2, 0.25) is 0 Å². The van der Waals surface area contributed by atoms with Crippen molar-refractivity contribution in [3.8, 4) is 11.3 Å². The minimum atomic E-state index is -0.684. The molecule has 2 aromatic heterocycles. The molecule has 1 atom stereocenters. The van der Waals surface area contributed by atoms with E-state index in [9.17, 15) is 9.59 Å². The second kappa shape index (κ2) is 11.3. The normalized spacial score (nSPS) is 16.3. The largest absolute Gasteiger partial charge is 0.444 e. The van der Waals surface area contributed by atoms with Gasteiger partial charge in [0.15, 0.2) is 0 Å². The summed E-state index contributed by atoms with van der Waals surface area (Å²) in [5.74, 6) is 6.44. The van der Waals surface area contributed by atoms with E-state index >= 15 is 0 Å². The van der Waals surface area contributed by atoms with Crippen LogP contribution in [0.3, 0.4) is 0 Å². The van der Waals surface area contributed by atoms with Gasteiger partial charge in [-0.2, -0.15) is 9.78 Å². The van der Waals surface area contributed by atoms with Gasteiger partial charge in [0.25, 0.3) is 0 Å². The van der Waals surface area contributed by atoms with E-state index in [-0.39, 0.29) is 18.7 Å². The predicted octanol–water partition coefficient (Wildman–Crippen LogP) is 4.82. The summed E-state index contributed by atoms with van der Waals surface area (Å²) in [6, 6.07) is 8.94. The number of fused-ring (bicyclic) bond motifs is 1. The first-order chi connectivity index (χ1) is 18.7. The second-order valence-electron chi connectivity index (χ2n) is 12.1. The Balaban J connectivity index is 1.56. The maximum absolute atomic E-state index is 13.0. The van der Waals surface area contributed by atoms with E-state index in [1.807, 2.05) is 39.0 Å². The SMILES string of the molecule is CC(C)(C)OC(=O)N1CCC[C@@H](N(N)CC(=N)c2ccc3c(c2)c(-c2ccncc2)nn3C(=O)OC(C)(C)C)C1. The van der Waals surface area contributed by atoms with Crippen molar-refractivity contribution in [3.63, 3.8) is 0 Å². The summed E-state index contributed by atoms with van der Waals surface area (Å²) < 4.78 is 12.4. The van der Waals surface area contributed by atoms with Crippen molar-refractivity contribution >= 4 is 28.8 Å². The number of piperidine rings is 1. The number of nitrogens with zero attached hydrogens (tertiary/aromatic N) is 5. The van der Waals surface area contributed by atoms with E-state index in [4.69, 9.17) is 20.7 Å². The Bertz CT molecular complexity index is 1390. The summed E-state index contributed by atoms with van der Waals surface area (Å²) in [5.41, 5.74) is 1.66. The number of ether oxygens (including phenoxy) is 2. The topological polar surface area (TPSA) is 140 Å². The van der Waals surface area contributed by atoms with Crippen LogP contribution in [0, 0.1) is 5.41 Å². The summed E-state index contributed by atoms with van der Waals surface area (Å²) in [7, 11) is 0. The summed E-state index contributed by atoms with van der Waals surface area (Å²) in [6.45, 7) is 12.2. The van der Waals surface area contributed by atoms with Gasteiger partial charge < -0.3 is 19.8 Å². The van der Waals surface area contributed by atoms with Crippen molar-refractivity contribution in [3.05, 3.63) is 48.3 Å². The van der Waals surface area contributed by atoms with Crippen LogP contribution < -0.4 is 5.84 Å². The first kappa shape index (κ1) is 29.2. The third-order valence-corrected chi connectivity index (χ3v) is 6.41. The molecule has 0 bridgehead atoms. The number of hydrogen-bond acceptors (Lipinski definition) is 9. The van der Waals surface area contributed by atoms with Gasteiger partial charge >= 0.3 is 12.2 Å². The molecule has 3 N–H and O–H groups in total. The highest BCUT2D eigenvalue weighted by Gasteiger charge is 2.30. The molecule has 0 aliphatic carbocycles. The number of hydrazine groups is 1. The first-order valence-corrected chi connectivity index (χ1v) is 13.5. The number of nitrogens with two attached hydrogens (primary N) is 1. The molecule has 1 aliphatic rings. The molecule has 3 heterocycles. The minimum Gasteiger partial charge on any atom is -0.444 e. The van der Waals surface area contributed by atoms with Crippen LogP contribution in [-0.4, -0.2) is 79.4 Å². The highest BCUT2D eigenvalue weighted by atomic mass is 16.6. The molecule has 0 unspecified atom stereocenters. The van der Waals surface area contributed by atoms with Crippen molar-refractivity contribution in [2.24, 2.45) is 5.84 Å². The molecule has 214 valence electrons. The van der Waals surface area contributed by atoms with E-state index in [1.54, 1.807) is 55.2 Å². The number of hydrogen-bond donors (Lipinski definition) is 2. The standard InChI is InChI=1S/C29H39N7O4/c1-28(2,3)39-26(37)34-15-7-8-21(17-34)35(31)18-23(30)20-9-10-24-22(16-20)25(19-11-13-32-14-12-19)33-36(24)27(38)40-29(4,5)6/h9-14,16,21,30H,7-8,15,17-18,31H2,1-6H3/t21-/m1/s1. The molecule has 1 aromatic carbocycles. The lowest BCUT2D eigenvalue weighted by molar-refractivity contribution is 0.0117. The summed E-state index contributed by atoms with van der Waals surface area (Å²) >= 11 is 0. The molecule has 0 spiro atoms. The molecule has 0 saturated carbocycles. The van der Waals surface area contributed by atoms with E-state index in [1.165, 1.54) is 4.68 Å². The number of carbonyl (C=O) groups is 2. The molecule has 11 nitrogen and oxygen atoms in total. The van der Waals surface area contributed by atoms with E-state index in [0.717, 1.165) is 18.4 Å². The third kappa shape index (κ3) is 7.02. The van der Waals surface area contributed by atoms with Gasteiger partial charge in [-0.3, -0.25) is 10.8 Å². The number of pyridine rings is 1. The fourth-order valence-electron chi connectivity index (χ4n) is 4.59. The zero-order chi connectivity index (χ0) is 29.2. The van der Waals surface area contributed by atoms with Gasteiger partial charge in [-0.1, -0.05) is 6.07 Å². The van der Waals surface area contributed by atoms with Crippen molar-refractivity contribution in [2.75, 3.05) is 19.6 Å². The van der Waals surface area contributed by atoms with Gasteiger partial charge in [0, 0.05) is 42.5 Å². The second-order valence-corrected chi connectivity index (χ2v) is 12.1. The molecular weight excluding hydrogens is 510 g/mol. The number of amides is 1. The van der Waals surface area contributed by atoms with Crippen LogP contribution in [0.1, 0.15) is 59.9 Å². The van der Waals surface area contributed by atoms with Crippen LogP contribution in [0.15, 0.2) is 42.7 Å². The van der Waals surface area contributed by atoms with Crippen LogP contribution >= 0.6 is 0 Å². The molecule has 1 aliphatic heterocycles. The van der Waals surface area contributed by atoms with Crippen molar-refractivity contribution < 1.29 is 19.1 Å². The number of aromatic nitrogens is 3. The average molecular weight is 550 g/mol. The number of benzene rings is 1. The molecular formula is C29H39N7O4. The van der Waals surface area contributed by atoms with Gasteiger partial charge in [-0.15, -0.1) is 0 Å². The van der Waals surface area contributed by atoms with E-state index in [2.05, 4.69) is 10.1 Å². The van der Waals surface area contributed by atoms with Crippen molar-refractivity contribution in [1.29, 1.82) is 5.41 Å². The van der Waals surface area contributed by atoms with E-state index < -0.39 is 17.3 Å². The zero-order valence-electron chi connectivity index (χ0n) is 24.1. The van der Waals surface area contributed by atoms with Gasteiger partial charge in [0.05, 0.1) is 17.8 Å². The number of carbonyl (C=O) groups excluding carboxylic acids is 2. The monoisotopic (exact) mass is 549 g/mol. The summed E-state index contributed by atoms with van der Waals surface area (Å²) in [5, 5.41) is 15.8. The van der Waals surface area contributed by atoms with Gasteiger partial charge in [-0.05, 0) is 84.2 Å². The van der Waals surface area contributed by atoms with Crippen LogP contribution in [-0.2, 0) is 9.47 Å². The molecule has 4 rings (SSSR count). The molecule has 3 aromatic rings. The predicted molar refractivity (Wildman–Crippen MR) is 153 cm³/mol. The molecule has 1 fully saturated rings. The number of likely N-dealkylation sites (tertiary alicyclic amines) is 1. The van der Waals surface area contributed by atoms with Gasteiger partial charge in [-0.25, -0.2) is 14.6 Å². The minimum absolute atomic E-state index is 0.104. The Morgan fingerprint density at radius 1 is 1.05 bits per heavy atom. The molecule has 11 heteroatoms. The quantitative estimate of drug-likeness (QED) is 0.262. The lowest BCUT2D eigenvalue weighted by Gasteiger charge is -2.37. The van der Waals surface area contributed by atoms with Crippen molar-refractivity contribution in [1.82, 2.24) is 24.7 Å². The lowest BCUT2D eigenvalue weighted by Crippen LogP contribution is -2.54. The molecule has 1 saturated heterocycles. The Morgan fingerprint density at radius 2 is 1.70 bits per heavy atom. The highest BCUT2D eigenvalue weighted by molar-refractivity contribution is 6.06. The van der Waals surface area contributed by atoms with Crippen LogP contribution in [0.4, 0.5) is 9.59 Å². The highest BCUT2D eigenvalue weighted by Crippen LogP contribution is 2.29. The lowest BCUT2D eigenvalue weighted by atomic mass is 10.0. The molecule has 0 radical (unpaired) electrons. The molecule has 40 heavy (non-hydrogen) atoms. The Hall–Kier alpha value is -3.83.